The molecule has 1 fully saturated rings. The Morgan fingerprint density at radius 3 is 2.50 bits per heavy atom. The number of aliphatic hydroxyl groups is 1. The molecule has 2 aromatic carbocycles. The van der Waals surface area contributed by atoms with E-state index >= 15 is 0 Å². The number of esters is 1. The van der Waals surface area contributed by atoms with Gasteiger partial charge in [-0.3, -0.25) is 0 Å². The number of nitrogens with zero attached hydrogens (tertiary/aromatic N) is 2. The summed E-state index contributed by atoms with van der Waals surface area (Å²) >= 11 is 1.24. The SMILES string of the molecule is CCOC(=O)/C(C#N)=C1\SCC(O)(c2ccccc2)N1c1ccc(OC)cc1. The first kappa shape index (κ1) is 19.8. The van der Waals surface area contributed by atoms with Crippen LogP contribution in [0.2, 0.25) is 0 Å². The molecule has 2 aromatic rings. The van der Waals surface area contributed by atoms with Crippen molar-refractivity contribution in [3.05, 3.63) is 70.8 Å². The fraction of sp³-hybridized carbons (Fsp3) is 0.238. The fourth-order valence-electron chi connectivity index (χ4n) is 3.01. The molecule has 0 bridgehead atoms. The van der Waals surface area contributed by atoms with Gasteiger partial charge in [0.25, 0.3) is 0 Å². The summed E-state index contributed by atoms with van der Waals surface area (Å²) < 4.78 is 10.3. The Bertz CT molecular complexity index is 922. The summed E-state index contributed by atoms with van der Waals surface area (Å²) in [4.78, 5) is 14.0. The van der Waals surface area contributed by atoms with Crippen LogP contribution in [0, 0.1) is 11.3 Å². The van der Waals surface area contributed by atoms with Crippen LogP contribution in [0.25, 0.3) is 0 Å². The maximum atomic E-state index is 12.3. The fourth-order valence-corrected chi connectivity index (χ4v) is 4.31. The van der Waals surface area contributed by atoms with Gasteiger partial charge in [-0.15, -0.1) is 11.8 Å². The van der Waals surface area contributed by atoms with E-state index in [1.165, 1.54) is 11.8 Å². The number of nitriles is 1. The summed E-state index contributed by atoms with van der Waals surface area (Å²) in [6, 6.07) is 18.2. The zero-order valence-electron chi connectivity index (χ0n) is 15.6. The molecular formula is C21H20N2O4S. The number of thioether (sulfide) groups is 1. The maximum Gasteiger partial charge on any atom is 0.351 e. The van der Waals surface area contributed by atoms with Gasteiger partial charge in [-0.2, -0.15) is 5.26 Å². The van der Waals surface area contributed by atoms with E-state index < -0.39 is 11.7 Å². The first-order valence-corrected chi connectivity index (χ1v) is 9.70. The third-order valence-corrected chi connectivity index (χ3v) is 5.56. The second-order valence-corrected chi connectivity index (χ2v) is 6.98. The van der Waals surface area contributed by atoms with Crippen LogP contribution in [0.3, 0.4) is 0 Å². The third-order valence-electron chi connectivity index (χ3n) is 4.36. The topological polar surface area (TPSA) is 82.8 Å². The van der Waals surface area contributed by atoms with E-state index in [4.69, 9.17) is 9.47 Å². The van der Waals surface area contributed by atoms with Crippen LogP contribution in [0.4, 0.5) is 5.69 Å². The smallest absolute Gasteiger partial charge is 0.351 e. The molecule has 0 aromatic heterocycles. The zero-order valence-corrected chi connectivity index (χ0v) is 16.4. The maximum absolute atomic E-state index is 12.3. The van der Waals surface area contributed by atoms with E-state index in [0.29, 0.717) is 22.0 Å². The van der Waals surface area contributed by atoms with Crippen LogP contribution in [0.15, 0.2) is 65.2 Å². The molecule has 28 heavy (non-hydrogen) atoms. The number of anilines is 1. The molecule has 0 aliphatic carbocycles. The number of rotatable bonds is 5. The second-order valence-electron chi connectivity index (χ2n) is 6.02. The first-order valence-electron chi connectivity index (χ1n) is 8.71. The van der Waals surface area contributed by atoms with Gasteiger partial charge < -0.3 is 19.5 Å². The highest BCUT2D eigenvalue weighted by molar-refractivity contribution is 8.03. The minimum atomic E-state index is -1.43. The molecule has 0 radical (unpaired) electrons. The quantitative estimate of drug-likeness (QED) is 0.471. The Morgan fingerprint density at radius 2 is 1.93 bits per heavy atom. The summed E-state index contributed by atoms with van der Waals surface area (Å²) in [5.74, 6) is 0.210. The van der Waals surface area contributed by atoms with Crippen molar-refractivity contribution < 1.29 is 19.4 Å². The molecule has 0 saturated carbocycles. The number of ether oxygens (including phenoxy) is 2. The van der Waals surface area contributed by atoms with Gasteiger partial charge in [-0.1, -0.05) is 30.3 Å². The van der Waals surface area contributed by atoms with E-state index in [-0.39, 0.29) is 17.9 Å². The Kier molecular flexibility index (Phi) is 5.93. The van der Waals surface area contributed by atoms with Crippen LogP contribution < -0.4 is 9.64 Å². The molecule has 0 amide bonds. The lowest BCUT2D eigenvalue weighted by atomic mass is 10.0. The zero-order chi connectivity index (χ0) is 20.1. The molecule has 144 valence electrons. The van der Waals surface area contributed by atoms with E-state index in [1.807, 2.05) is 36.4 Å². The monoisotopic (exact) mass is 396 g/mol. The van der Waals surface area contributed by atoms with Crippen molar-refractivity contribution in [3.8, 4) is 11.8 Å². The number of carbonyl (C=O) groups is 1. The van der Waals surface area contributed by atoms with E-state index in [2.05, 4.69) is 0 Å². The first-order chi connectivity index (χ1) is 13.5. The van der Waals surface area contributed by atoms with Crippen LogP contribution >= 0.6 is 11.8 Å². The number of carbonyl (C=O) groups excluding carboxylic acids is 1. The predicted octanol–water partition coefficient (Wildman–Crippen LogP) is 3.39. The van der Waals surface area contributed by atoms with Gasteiger partial charge in [0.15, 0.2) is 11.3 Å². The molecule has 1 N–H and O–H groups in total. The minimum absolute atomic E-state index is 0.130. The number of benzene rings is 2. The molecule has 1 heterocycles. The highest BCUT2D eigenvalue weighted by Gasteiger charge is 2.46. The van der Waals surface area contributed by atoms with Gasteiger partial charge in [0.1, 0.15) is 16.8 Å². The van der Waals surface area contributed by atoms with E-state index in [1.54, 1.807) is 43.2 Å². The Labute approximate surface area is 168 Å². The van der Waals surface area contributed by atoms with Gasteiger partial charge in [-0.25, -0.2) is 4.79 Å². The summed E-state index contributed by atoms with van der Waals surface area (Å²) in [6.07, 6.45) is 0. The van der Waals surface area contributed by atoms with Crippen molar-refractivity contribution in [1.82, 2.24) is 0 Å². The summed E-state index contributed by atoms with van der Waals surface area (Å²) in [5.41, 5.74) is -0.266. The van der Waals surface area contributed by atoms with Crippen LogP contribution in [0.1, 0.15) is 12.5 Å². The van der Waals surface area contributed by atoms with Crippen molar-refractivity contribution in [2.75, 3.05) is 24.4 Å². The predicted molar refractivity (Wildman–Crippen MR) is 108 cm³/mol. The van der Waals surface area contributed by atoms with Crippen molar-refractivity contribution >= 4 is 23.4 Å². The molecule has 7 heteroatoms. The average Bonchev–Trinajstić information content (AvgIpc) is 3.08. The van der Waals surface area contributed by atoms with E-state index in [9.17, 15) is 15.2 Å². The normalized spacial score (nSPS) is 20.4. The van der Waals surface area contributed by atoms with Crippen LogP contribution in [-0.2, 0) is 15.3 Å². The number of hydrogen-bond acceptors (Lipinski definition) is 7. The lowest BCUT2D eigenvalue weighted by molar-refractivity contribution is -0.138. The van der Waals surface area contributed by atoms with Gasteiger partial charge in [0, 0.05) is 11.3 Å². The van der Waals surface area contributed by atoms with Gasteiger partial charge in [-0.05, 0) is 31.2 Å². The molecule has 1 aliphatic rings. The van der Waals surface area contributed by atoms with Crippen molar-refractivity contribution in [3.63, 3.8) is 0 Å². The van der Waals surface area contributed by atoms with Crippen molar-refractivity contribution in [2.45, 2.75) is 12.6 Å². The minimum Gasteiger partial charge on any atom is -0.497 e. The standard InChI is InChI=1S/C21H20N2O4S/c1-3-27-20(24)18(13-22)19-23(16-9-11-17(26-2)12-10-16)21(25,14-28-19)15-7-5-4-6-8-15/h4-12,25H,3,14H2,1-2H3/b19-18-. The Balaban J connectivity index is 2.18. The lowest BCUT2D eigenvalue weighted by Crippen LogP contribution is -2.43. The summed E-state index contributed by atoms with van der Waals surface area (Å²) in [6.45, 7) is 1.84. The van der Waals surface area contributed by atoms with Crippen molar-refractivity contribution in [1.29, 1.82) is 5.26 Å². The Morgan fingerprint density at radius 1 is 1.25 bits per heavy atom. The molecule has 1 saturated heterocycles. The van der Waals surface area contributed by atoms with Gasteiger partial charge >= 0.3 is 5.97 Å². The molecule has 1 atom stereocenters. The van der Waals surface area contributed by atoms with E-state index in [0.717, 1.165) is 0 Å². The molecular weight excluding hydrogens is 376 g/mol. The summed E-state index contributed by atoms with van der Waals surface area (Å²) in [5, 5.41) is 21.6. The number of methoxy groups -OCH3 is 1. The third kappa shape index (κ3) is 3.57. The van der Waals surface area contributed by atoms with Crippen LogP contribution in [-0.4, -0.2) is 30.5 Å². The highest BCUT2D eigenvalue weighted by Crippen LogP contribution is 2.48. The second kappa shape index (κ2) is 8.38. The molecule has 1 unspecified atom stereocenters. The molecule has 3 rings (SSSR count). The van der Waals surface area contributed by atoms with Gasteiger partial charge in [0.05, 0.1) is 19.5 Å². The molecule has 6 nitrogen and oxygen atoms in total. The molecule has 0 spiro atoms. The summed E-state index contributed by atoms with van der Waals surface area (Å²) in [7, 11) is 1.57. The molecule has 1 aliphatic heterocycles. The number of hydrogen-bond donors (Lipinski definition) is 1. The lowest BCUT2D eigenvalue weighted by Gasteiger charge is -2.35. The Hall–Kier alpha value is -2.95. The largest absolute Gasteiger partial charge is 0.497 e. The average molecular weight is 396 g/mol. The van der Waals surface area contributed by atoms with Crippen LogP contribution in [0.5, 0.6) is 5.75 Å². The van der Waals surface area contributed by atoms with Crippen molar-refractivity contribution in [2.24, 2.45) is 0 Å². The van der Waals surface area contributed by atoms with Gasteiger partial charge in [0.2, 0.25) is 0 Å². The highest BCUT2D eigenvalue weighted by atomic mass is 32.2.